The second-order valence-electron chi connectivity index (χ2n) is 3.96. The summed E-state index contributed by atoms with van der Waals surface area (Å²) in [4.78, 5) is 14.6. The molecule has 1 heterocycles. The highest BCUT2D eigenvalue weighted by Crippen LogP contribution is 2.15. The van der Waals surface area contributed by atoms with Gasteiger partial charge in [0.1, 0.15) is 5.75 Å². The van der Waals surface area contributed by atoms with Crippen LogP contribution < -0.4 is 0 Å². The number of rotatable bonds is 4. The van der Waals surface area contributed by atoms with E-state index >= 15 is 0 Å². The molecule has 0 aliphatic carbocycles. The highest BCUT2D eigenvalue weighted by Gasteiger charge is 2.16. The molecule has 0 atom stereocenters. The Morgan fingerprint density at radius 1 is 1.28 bits per heavy atom. The first-order chi connectivity index (χ1) is 8.46. The molecule has 2 aromatic rings. The third-order valence-electron chi connectivity index (χ3n) is 2.40. The summed E-state index contributed by atoms with van der Waals surface area (Å²) in [5.41, 5.74) is 1.34. The Hall–Kier alpha value is -1.95. The van der Waals surface area contributed by atoms with Crippen molar-refractivity contribution in [2.75, 3.05) is 5.75 Å². The van der Waals surface area contributed by atoms with E-state index < -0.39 is 21.6 Å². The summed E-state index contributed by atoms with van der Waals surface area (Å²) in [6.45, 7) is 0. The number of sulfone groups is 1. The van der Waals surface area contributed by atoms with Crippen LogP contribution in [-0.2, 0) is 20.4 Å². The van der Waals surface area contributed by atoms with Gasteiger partial charge in [0.2, 0.25) is 0 Å². The number of fused-ring (bicyclic) bond motifs is 1. The maximum Gasteiger partial charge on any atom is 0.318 e. The molecule has 0 bridgehead atoms. The standard InChI is InChI=1S/C12H11NO4S/c14-12(15)8-18(16,17)7-9-3-4-11-10(6-9)2-1-5-13-11/h1-6H,7-8H2,(H,14,15). The minimum atomic E-state index is -3.62. The summed E-state index contributed by atoms with van der Waals surface area (Å²) in [6, 6.07) is 8.67. The van der Waals surface area contributed by atoms with Crippen LogP contribution in [0.5, 0.6) is 0 Å². The molecule has 0 saturated carbocycles. The van der Waals surface area contributed by atoms with Crippen LogP contribution in [0, 0.1) is 0 Å². The normalized spacial score (nSPS) is 11.6. The molecule has 0 amide bonds. The van der Waals surface area contributed by atoms with Gasteiger partial charge in [-0.15, -0.1) is 0 Å². The van der Waals surface area contributed by atoms with Gasteiger partial charge in [0.25, 0.3) is 0 Å². The van der Waals surface area contributed by atoms with Gasteiger partial charge in [0.15, 0.2) is 9.84 Å². The summed E-state index contributed by atoms with van der Waals surface area (Å²) >= 11 is 0. The molecule has 0 spiro atoms. The zero-order chi connectivity index (χ0) is 13.2. The highest BCUT2D eigenvalue weighted by molar-refractivity contribution is 7.91. The van der Waals surface area contributed by atoms with Gasteiger partial charge in [-0.2, -0.15) is 0 Å². The molecule has 0 saturated heterocycles. The number of carboxylic acids is 1. The number of nitrogens with zero attached hydrogens (tertiary/aromatic N) is 1. The van der Waals surface area contributed by atoms with Crippen molar-refractivity contribution in [1.29, 1.82) is 0 Å². The predicted octanol–water partition coefficient (Wildman–Crippen LogP) is 1.23. The van der Waals surface area contributed by atoms with Crippen molar-refractivity contribution in [3.05, 3.63) is 42.1 Å². The SMILES string of the molecule is O=C(O)CS(=O)(=O)Cc1ccc2ncccc2c1. The van der Waals surface area contributed by atoms with E-state index in [0.29, 0.717) is 5.56 Å². The van der Waals surface area contributed by atoms with Crippen LogP contribution in [0.25, 0.3) is 10.9 Å². The second-order valence-corrected chi connectivity index (χ2v) is 6.02. The summed E-state index contributed by atoms with van der Waals surface area (Å²) in [6.07, 6.45) is 1.66. The van der Waals surface area contributed by atoms with Gasteiger partial charge in [-0.25, -0.2) is 8.42 Å². The number of aliphatic carboxylic acids is 1. The van der Waals surface area contributed by atoms with Crippen molar-refractivity contribution >= 4 is 26.7 Å². The Morgan fingerprint density at radius 3 is 2.78 bits per heavy atom. The number of hydrogen-bond donors (Lipinski definition) is 1. The molecule has 0 fully saturated rings. The summed E-state index contributed by atoms with van der Waals surface area (Å²) < 4.78 is 23.1. The number of carbonyl (C=O) groups is 1. The lowest BCUT2D eigenvalue weighted by molar-refractivity contribution is -0.134. The highest BCUT2D eigenvalue weighted by atomic mass is 32.2. The maximum atomic E-state index is 11.5. The molecule has 1 N–H and O–H groups in total. The van der Waals surface area contributed by atoms with Crippen LogP contribution in [-0.4, -0.2) is 30.2 Å². The van der Waals surface area contributed by atoms with E-state index in [-0.39, 0.29) is 5.75 Å². The van der Waals surface area contributed by atoms with Gasteiger partial charge in [0, 0.05) is 11.6 Å². The van der Waals surface area contributed by atoms with Crippen molar-refractivity contribution in [3.8, 4) is 0 Å². The van der Waals surface area contributed by atoms with E-state index in [4.69, 9.17) is 5.11 Å². The average molecular weight is 265 g/mol. The molecule has 1 aromatic heterocycles. The maximum absolute atomic E-state index is 11.5. The van der Waals surface area contributed by atoms with Crippen molar-refractivity contribution < 1.29 is 18.3 Å². The van der Waals surface area contributed by atoms with Crippen molar-refractivity contribution in [2.45, 2.75) is 5.75 Å². The predicted molar refractivity (Wildman–Crippen MR) is 66.9 cm³/mol. The number of pyridine rings is 1. The Labute approximate surface area is 104 Å². The van der Waals surface area contributed by atoms with Crippen molar-refractivity contribution in [2.24, 2.45) is 0 Å². The van der Waals surface area contributed by atoms with Crippen molar-refractivity contribution in [3.63, 3.8) is 0 Å². The van der Waals surface area contributed by atoms with Gasteiger partial charge in [0.05, 0.1) is 11.3 Å². The fraction of sp³-hybridized carbons (Fsp3) is 0.167. The monoisotopic (exact) mass is 265 g/mol. The lowest BCUT2D eigenvalue weighted by atomic mass is 10.1. The molecular weight excluding hydrogens is 254 g/mol. The molecule has 0 unspecified atom stereocenters. The smallest absolute Gasteiger partial charge is 0.318 e. The molecule has 5 nitrogen and oxygen atoms in total. The second kappa shape index (κ2) is 4.73. The fourth-order valence-corrected chi connectivity index (χ4v) is 2.87. The van der Waals surface area contributed by atoms with E-state index in [1.807, 2.05) is 6.07 Å². The van der Waals surface area contributed by atoms with Gasteiger partial charge in [-0.05, 0) is 23.8 Å². The van der Waals surface area contributed by atoms with Crippen LogP contribution in [0.4, 0.5) is 0 Å². The zero-order valence-electron chi connectivity index (χ0n) is 9.41. The molecule has 18 heavy (non-hydrogen) atoms. The minimum Gasteiger partial charge on any atom is -0.480 e. The van der Waals surface area contributed by atoms with Crippen LogP contribution in [0.15, 0.2) is 36.5 Å². The van der Waals surface area contributed by atoms with Gasteiger partial charge in [-0.1, -0.05) is 12.1 Å². The molecule has 1 aromatic carbocycles. The van der Waals surface area contributed by atoms with Gasteiger partial charge < -0.3 is 5.11 Å². The number of benzene rings is 1. The van der Waals surface area contributed by atoms with Crippen LogP contribution in [0.3, 0.4) is 0 Å². The zero-order valence-corrected chi connectivity index (χ0v) is 10.2. The largest absolute Gasteiger partial charge is 0.480 e. The number of hydrogen-bond acceptors (Lipinski definition) is 4. The first kappa shape index (κ1) is 12.5. The molecule has 94 valence electrons. The molecular formula is C12H11NO4S. The molecule has 2 rings (SSSR count). The first-order valence-electron chi connectivity index (χ1n) is 5.22. The number of carboxylic acid groups (broad SMARTS) is 1. The fourth-order valence-electron chi connectivity index (χ4n) is 1.71. The number of aromatic nitrogens is 1. The van der Waals surface area contributed by atoms with Crippen LogP contribution >= 0.6 is 0 Å². The Balaban J connectivity index is 2.30. The molecule has 0 radical (unpaired) electrons. The molecule has 0 aliphatic rings. The topological polar surface area (TPSA) is 84.3 Å². The average Bonchev–Trinajstić information content (AvgIpc) is 2.26. The summed E-state index contributed by atoms with van der Waals surface area (Å²) in [5, 5.41) is 9.34. The molecule has 6 heteroatoms. The minimum absolute atomic E-state index is 0.274. The van der Waals surface area contributed by atoms with Gasteiger partial charge >= 0.3 is 5.97 Å². The lowest BCUT2D eigenvalue weighted by Gasteiger charge is -2.03. The lowest BCUT2D eigenvalue weighted by Crippen LogP contribution is -2.16. The Kier molecular flexibility index (Phi) is 3.29. The van der Waals surface area contributed by atoms with Crippen LogP contribution in [0.2, 0.25) is 0 Å². The Morgan fingerprint density at radius 2 is 2.06 bits per heavy atom. The van der Waals surface area contributed by atoms with E-state index in [9.17, 15) is 13.2 Å². The van der Waals surface area contributed by atoms with Crippen molar-refractivity contribution in [1.82, 2.24) is 4.98 Å². The van der Waals surface area contributed by atoms with E-state index in [2.05, 4.69) is 4.98 Å². The summed E-state index contributed by atoms with van der Waals surface area (Å²) in [7, 11) is -3.62. The summed E-state index contributed by atoms with van der Waals surface area (Å²) in [5.74, 6) is -2.46. The van der Waals surface area contributed by atoms with Gasteiger partial charge in [-0.3, -0.25) is 9.78 Å². The van der Waals surface area contributed by atoms with E-state index in [1.165, 1.54) is 0 Å². The van der Waals surface area contributed by atoms with E-state index in [1.54, 1.807) is 30.5 Å². The van der Waals surface area contributed by atoms with Crippen LogP contribution in [0.1, 0.15) is 5.56 Å². The Bertz CT molecular complexity index is 694. The molecule has 0 aliphatic heterocycles. The quantitative estimate of drug-likeness (QED) is 0.898. The first-order valence-corrected chi connectivity index (χ1v) is 7.04. The van der Waals surface area contributed by atoms with E-state index in [0.717, 1.165) is 10.9 Å². The third kappa shape index (κ3) is 3.04. The third-order valence-corrected chi connectivity index (χ3v) is 3.86.